The number of aromatic nitrogens is 2. The summed E-state index contributed by atoms with van der Waals surface area (Å²) >= 11 is 0. The molecule has 2 aromatic heterocycles. The summed E-state index contributed by atoms with van der Waals surface area (Å²) in [6.45, 7) is 30.1. The van der Waals surface area contributed by atoms with Gasteiger partial charge >= 0.3 is 0 Å². The summed E-state index contributed by atoms with van der Waals surface area (Å²) in [7, 11) is 0. The Morgan fingerprint density at radius 1 is 0.745 bits per heavy atom. The summed E-state index contributed by atoms with van der Waals surface area (Å²) in [4.78, 5) is 10.5. The summed E-state index contributed by atoms with van der Waals surface area (Å²) in [6, 6.07) is 21.8. The van der Waals surface area contributed by atoms with Crippen molar-refractivity contribution in [2.24, 2.45) is 10.4 Å². The van der Waals surface area contributed by atoms with E-state index in [4.69, 9.17) is 19.5 Å². The first-order chi connectivity index (χ1) is 26.4. The maximum absolute atomic E-state index is 9.79. The van der Waals surface area contributed by atoms with Crippen molar-refractivity contribution in [1.82, 2.24) is 9.55 Å². The number of nitrogens with zero attached hydrogens (tertiary/aromatic N) is 3. The van der Waals surface area contributed by atoms with Crippen molar-refractivity contribution in [3.63, 3.8) is 0 Å². The lowest BCUT2D eigenvalue weighted by Crippen LogP contribution is -2.54. The Balaban J connectivity index is 1.21. The van der Waals surface area contributed by atoms with Gasteiger partial charge in [0.15, 0.2) is 0 Å². The van der Waals surface area contributed by atoms with Crippen LogP contribution in [-0.2, 0) is 27.5 Å². The van der Waals surface area contributed by atoms with Gasteiger partial charge < -0.3 is 9.47 Å². The Hall–Kier alpha value is -4.90. The van der Waals surface area contributed by atoms with Crippen LogP contribution in [0.5, 0.6) is 11.5 Å². The Bertz CT molecular complexity index is 2790. The van der Waals surface area contributed by atoms with Gasteiger partial charge in [-0.15, -0.1) is 0 Å². The molecule has 9 rings (SSSR count). The van der Waals surface area contributed by atoms with Gasteiger partial charge in [0.05, 0.1) is 11.2 Å². The first-order valence-corrected chi connectivity index (χ1v) is 19.7. The maximum Gasteiger partial charge on any atom is 0.217 e. The lowest BCUT2D eigenvalue weighted by atomic mass is 9.66. The maximum atomic E-state index is 9.79. The Kier molecular flexibility index (Phi) is 6.76. The van der Waals surface area contributed by atoms with Crippen molar-refractivity contribution in [1.29, 1.82) is 0 Å². The van der Waals surface area contributed by atoms with Crippen LogP contribution in [0.2, 0.25) is 0 Å². The third kappa shape index (κ3) is 4.90. The highest BCUT2D eigenvalue weighted by Gasteiger charge is 2.66. The molecule has 0 radical (unpaired) electrons. The van der Waals surface area contributed by atoms with Crippen LogP contribution in [0.4, 0.5) is 0 Å². The molecule has 0 saturated carbocycles. The van der Waals surface area contributed by atoms with Crippen LogP contribution >= 0.6 is 0 Å². The Labute approximate surface area is 329 Å². The predicted molar refractivity (Wildman–Crippen MR) is 227 cm³/mol. The number of aryl methyl sites for hydroxylation is 5. The molecule has 1 aliphatic carbocycles. The van der Waals surface area contributed by atoms with Crippen molar-refractivity contribution >= 4 is 27.8 Å². The van der Waals surface area contributed by atoms with E-state index < -0.39 is 22.9 Å². The second kappa shape index (κ2) is 11.1. The fourth-order valence-corrected chi connectivity index (χ4v) is 9.59. The minimum atomic E-state index is -1.81. The number of fused-ring (bicyclic) bond motifs is 8. The molecule has 4 heterocycles. The Morgan fingerprint density at radius 3 is 2.15 bits per heavy atom. The topological polar surface area (TPSA) is 48.6 Å². The second-order valence-electron chi connectivity index (χ2n) is 19.4. The molecule has 2 aliphatic heterocycles. The van der Waals surface area contributed by atoms with Crippen LogP contribution in [0, 0.1) is 40.0 Å². The van der Waals surface area contributed by atoms with Crippen LogP contribution in [0.3, 0.4) is 0 Å². The van der Waals surface area contributed by atoms with Gasteiger partial charge in [-0.2, -0.15) is 0 Å². The van der Waals surface area contributed by atoms with Crippen molar-refractivity contribution < 1.29 is 12.2 Å². The minimum Gasteiger partial charge on any atom is -0.467 e. The summed E-state index contributed by atoms with van der Waals surface area (Å²) < 4.78 is 36.0. The molecule has 3 aliphatic rings. The van der Waals surface area contributed by atoms with E-state index in [9.17, 15) is 2.74 Å². The monoisotopic (exact) mass is 731 g/mol. The molecule has 6 aromatic rings. The van der Waals surface area contributed by atoms with E-state index in [0.29, 0.717) is 17.2 Å². The van der Waals surface area contributed by atoms with Crippen LogP contribution in [0.15, 0.2) is 71.9 Å². The quantitative estimate of drug-likeness (QED) is 0.182. The summed E-state index contributed by atoms with van der Waals surface area (Å²) in [5.41, 5.74) is 11.4. The van der Waals surface area contributed by atoms with E-state index in [-0.39, 0.29) is 10.8 Å². The molecule has 0 N–H and O–H groups in total. The zero-order valence-corrected chi connectivity index (χ0v) is 35.0. The van der Waals surface area contributed by atoms with E-state index in [1.165, 1.54) is 27.6 Å². The van der Waals surface area contributed by atoms with E-state index in [0.717, 1.165) is 61.4 Å². The molecule has 2 atom stereocenters. The summed E-state index contributed by atoms with van der Waals surface area (Å²) in [5.74, 6) is 1.88. The normalized spacial score (nSPS) is 22.5. The molecule has 0 spiro atoms. The number of ether oxygens (including phenoxy) is 2. The number of hydrogen-bond acceptors (Lipinski definition) is 4. The fourth-order valence-electron chi connectivity index (χ4n) is 9.59. The minimum absolute atomic E-state index is 0.221. The van der Waals surface area contributed by atoms with E-state index in [1.807, 2.05) is 25.3 Å². The van der Waals surface area contributed by atoms with Crippen LogP contribution < -0.4 is 4.74 Å². The molecule has 0 bridgehead atoms. The third-order valence-corrected chi connectivity index (χ3v) is 12.9. The molecular weight excluding hydrogens is 675 g/mol. The molecular formula is C50H55N3O2. The van der Waals surface area contributed by atoms with Gasteiger partial charge in [-0.3, -0.25) is 4.57 Å². The average Bonchev–Trinajstić information content (AvgIpc) is 3.66. The SMILES string of the molecule is [2H]C1([2H])c2cc(C)c(C)cc2[C@@]2(C)N=C(c3cc(Oc4cc5c(cc4C)C(C)(C)c4cc(C)cc6c7cc(C)cnc7n-5c46)cc(C(C)(C)C)c3)O[C@@]12C(C)(C)C. The number of pyridine rings is 1. The van der Waals surface area contributed by atoms with Crippen molar-refractivity contribution in [3.05, 3.63) is 128 Å². The van der Waals surface area contributed by atoms with Gasteiger partial charge in [0.1, 0.15) is 28.3 Å². The number of hydrogen-bond donors (Lipinski definition) is 0. The van der Waals surface area contributed by atoms with Crippen LogP contribution in [0.25, 0.3) is 27.6 Å². The van der Waals surface area contributed by atoms with Crippen LogP contribution in [0.1, 0.15) is 126 Å². The predicted octanol–water partition coefficient (Wildman–Crippen LogP) is 12.5. The van der Waals surface area contributed by atoms with Gasteiger partial charge in [-0.25, -0.2) is 9.98 Å². The molecule has 0 unspecified atom stereocenters. The second-order valence-corrected chi connectivity index (χ2v) is 19.4. The largest absolute Gasteiger partial charge is 0.467 e. The molecule has 5 heteroatoms. The van der Waals surface area contributed by atoms with Gasteiger partial charge in [-0.1, -0.05) is 79.2 Å². The molecule has 0 saturated heterocycles. The molecule has 0 amide bonds. The lowest BCUT2D eigenvalue weighted by Gasteiger charge is -2.45. The highest BCUT2D eigenvalue weighted by atomic mass is 16.5. The zero-order valence-electron chi connectivity index (χ0n) is 37.0. The molecule has 0 fully saturated rings. The number of aliphatic imine (C=N–C) groups is 1. The standard InChI is InChI=1S/C50H55N3O2/c1-27-15-36-37-16-28(2)26-51-44(37)53-41-24-42(31(5)20-39(41)48(12,13)40(17-27)43(36)53)54-35-22-32(21-34(23-35)46(6,7)8)45-52-49(14)38-19-30(4)29(3)18-33(38)25-50(49,55-45)47(9,10)11/h15-24,26H,25H2,1-14H3/t49-,50-/m1/s1/i25D2. The van der Waals surface area contributed by atoms with E-state index in [1.54, 1.807) is 0 Å². The lowest BCUT2D eigenvalue weighted by molar-refractivity contribution is -0.0673. The molecule has 282 valence electrons. The first kappa shape index (κ1) is 33.4. The fraction of sp³-hybridized carbons (Fsp3) is 0.400. The highest BCUT2D eigenvalue weighted by Crippen LogP contribution is 2.60. The van der Waals surface area contributed by atoms with Crippen molar-refractivity contribution in [2.75, 3.05) is 0 Å². The van der Waals surface area contributed by atoms with Gasteiger partial charge in [0.2, 0.25) is 5.90 Å². The summed E-state index contributed by atoms with van der Waals surface area (Å²) in [6.07, 6.45) is 0.146. The first-order valence-electron chi connectivity index (χ1n) is 20.7. The Morgan fingerprint density at radius 2 is 1.44 bits per heavy atom. The van der Waals surface area contributed by atoms with Gasteiger partial charge in [0, 0.05) is 48.5 Å². The average molecular weight is 732 g/mol. The molecule has 55 heavy (non-hydrogen) atoms. The third-order valence-electron chi connectivity index (χ3n) is 12.9. The summed E-state index contributed by atoms with van der Waals surface area (Å²) in [5, 5.41) is 2.38. The molecule has 4 aromatic carbocycles. The molecule has 5 nitrogen and oxygen atoms in total. The van der Waals surface area contributed by atoms with E-state index in [2.05, 4.69) is 143 Å². The van der Waals surface area contributed by atoms with Crippen LogP contribution in [-0.4, -0.2) is 21.0 Å². The van der Waals surface area contributed by atoms with Crippen molar-refractivity contribution in [2.45, 2.75) is 125 Å². The van der Waals surface area contributed by atoms with Crippen molar-refractivity contribution in [3.8, 4) is 17.2 Å². The smallest absolute Gasteiger partial charge is 0.217 e. The van der Waals surface area contributed by atoms with Gasteiger partial charge in [0.25, 0.3) is 0 Å². The highest BCUT2D eigenvalue weighted by molar-refractivity contribution is 6.11. The van der Waals surface area contributed by atoms with Gasteiger partial charge in [-0.05, 0) is 133 Å². The zero-order chi connectivity index (χ0) is 41.2. The number of rotatable bonds is 3. The number of benzene rings is 4. The van der Waals surface area contributed by atoms with E-state index >= 15 is 0 Å².